The average molecular weight is 430 g/mol. The Morgan fingerprint density at radius 3 is 2.23 bits per heavy atom. The first-order chi connectivity index (χ1) is 13.9. The first-order valence-corrected chi connectivity index (χ1v) is 8.29. The maximum Gasteiger partial charge on any atom is 0.436 e. The van der Waals surface area contributed by atoms with E-state index in [0.717, 1.165) is 11.0 Å². The minimum absolute atomic E-state index is 0.0142. The third-order valence-corrected chi connectivity index (χ3v) is 4.51. The van der Waals surface area contributed by atoms with Crippen molar-refractivity contribution in [1.82, 2.24) is 20.1 Å². The fraction of sp³-hybridized carbons (Fsp3) is 0.222. The Hall–Kier alpha value is -3.44. The van der Waals surface area contributed by atoms with Crippen molar-refractivity contribution in [2.45, 2.75) is 19.1 Å². The molecular formula is C18H12F6N4O2. The van der Waals surface area contributed by atoms with Gasteiger partial charge in [0.2, 0.25) is 0 Å². The lowest BCUT2D eigenvalue weighted by Crippen LogP contribution is -2.31. The van der Waals surface area contributed by atoms with Gasteiger partial charge in [0, 0.05) is 18.6 Å². The van der Waals surface area contributed by atoms with Gasteiger partial charge in [-0.1, -0.05) is 0 Å². The zero-order valence-corrected chi connectivity index (χ0v) is 15.3. The Balaban J connectivity index is 2.00. The summed E-state index contributed by atoms with van der Waals surface area (Å²) in [6, 6.07) is 0.857. The number of amides is 1. The van der Waals surface area contributed by atoms with E-state index in [1.165, 1.54) is 14.0 Å². The zero-order valence-electron chi connectivity index (χ0n) is 15.3. The Labute approximate surface area is 164 Å². The van der Waals surface area contributed by atoms with Crippen LogP contribution in [-0.2, 0) is 6.18 Å². The maximum absolute atomic E-state index is 13.7. The number of aromatic nitrogens is 3. The van der Waals surface area contributed by atoms with Crippen molar-refractivity contribution in [3.8, 4) is 0 Å². The number of H-pyrrole nitrogens is 1. The number of halogens is 6. The highest BCUT2D eigenvalue weighted by Crippen LogP contribution is 2.30. The molecule has 2 heterocycles. The topological polar surface area (TPSA) is 79.0 Å². The number of aromatic amines is 1. The number of pyridine rings is 1. The van der Waals surface area contributed by atoms with E-state index in [0.29, 0.717) is 18.3 Å². The number of carbonyl (C=O) groups is 1. The Kier molecular flexibility index (Phi) is 5.27. The van der Waals surface area contributed by atoms with Crippen LogP contribution >= 0.6 is 0 Å². The largest absolute Gasteiger partial charge is 0.436 e. The van der Waals surface area contributed by atoms with Gasteiger partial charge in [0.1, 0.15) is 0 Å². The lowest BCUT2D eigenvalue weighted by Gasteiger charge is -2.25. The molecule has 0 radical (unpaired) electrons. The van der Waals surface area contributed by atoms with Crippen LogP contribution < -0.4 is 5.56 Å². The summed E-state index contributed by atoms with van der Waals surface area (Å²) < 4.78 is 78.8. The second-order valence-electron chi connectivity index (χ2n) is 6.39. The maximum atomic E-state index is 13.7. The predicted octanol–water partition coefficient (Wildman–Crippen LogP) is 3.59. The molecule has 0 aliphatic carbocycles. The van der Waals surface area contributed by atoms with Crippen molar-refractivity contribution < 1.29 is 31.1 Å². The second kappa shape index (κ2) is 7.43. The number of hydrogen-bond acceptors (Lipinski definition) is 4. The molecule has 0 saturated carbocycles. The first-order valence-electron chi connectivity index (χ1n) is 8.29. The summed E-state index contributed by atoms with van der Waals surface area (Å²) in [5.41, 5.74) is -3.04. The Bertz CT molecular complexity index is 1210. The van der Waals surface area contributed by atoms with Crippen molar-refractivity contribution >= 4 is 16.7 Å². The molecule has 0 fully saturated rings. The summed E-state index contributed by atoms with van der Waals surface area (Å²) in [7, 11) is 1.24. The van der Waals surface area contributed by atoms with Gasteiger partial charge in [-0.3, -0.25) is 9.59 Å². The van der Waals surface area contributed by atoms with E-state index >= 15 is 0 Å². The molecule has 2 aromatic heterocycles. The number of hydrogen-bond donors (Lipinski definition) is 1. The fourth-order valence-corrected chi connectivity index (χ4v) is 2.82. The van der Waals surface area contributed by atoms with Gasteiger partial charge >= 0.3 is 6.18 Å². The summed E-state index contributed by atoms with van der Waals surface area (Å²) in [6.45, 7) is 1.42. The van der Waals surface area contributed by atoms with Gasteiger partial charge < -0.3 is 4.90 Å². The number of nitrogens with zero attached hydrogens (tertiary/aromatic N) is 3. The molecule has 0 unspecified atom stereocenters. The zero-order chi connectivity index (χ0) is 22.4. The van der Waals surface area contributed by atoms with Crippen molar-refractivity contribution in [3.05, 3.63) is 69.2 Å². The lowest BCUT2D eigenvalue weighted by atomic mass is 10.0. The molecule has 0 spiro atoms. The minimum Gasteiger partial charge on any atom is -0.333 e. The third kappa shape index (κ3) is 3.72. The van der Waals surface area contributed by atoms with Crippen LogP contribution in [-0.4, -0.2) is 33.0 Å². The SMILES string of the molecule is C[C@@H](c1n[nH]c(=O)c2cc(F)c(F)cc12)N(C)C(=O)c1cnc(C(F)(F)F)c(F)c1. The van der Waals surface area contributed by atoms with Crippen LogP contribution in [0.1, 0.15) is 34.7 Å². The molecule has 0 aliphatic heterocycles. The summed E-state index contributed by atoms with van der Waals surface area (Å²) in [4.78, 5) is 28.4. The molecular weight excluding hydrogens is 418 g/mol. The Morgan fingerprint density at radius 1 is 1.07 bits per heavy atom. The summed E-state index contributed by atoms with van der Waals surface area (Å²) in [6.07, 6.45) is -4.45. The number of carbonyl (C=O) groups excluding carboxylic acids is 1. The highest BCUT2D eigenvalue weighted by atomic mass is 19.4. The van der Waals surface area contributed by atoms with Gasteiger partial charge in [0.05, 0.1) is 22.7 Å². The van der Waals surface area contributed by atoms with Gasteiger partial charge in [-0.15, -0.1) is 0 Å². The molecule has 0 saturated heterocycles. The summed E-state index contributed by atoms with van der Waals surface area (Å²) in [5.74, 6) is -5.13. The molecule has 1 aromatic carbocycles. The molecule has 158 valence electrons. The average Bonchev–Trinajstić information content (AvgIpc) is 2.67. The van der Waals surface area contributed by atoms with E-state index in [2.05, 4.69) is 15.2 Å². The van der Waals surface area contributed by atoms with Crippen molar-refractivity contribution in [2.75, 3.05) is 7.05 Å². The van der Waals surface area contributed by atoms with Crippen molar-refractivity contribution in [3.63, 3.8) is 0 Å². The minimum atomic E-state index is -5.02. The monoisotopic (exact) mass is 430 g/mol. The van der Waals surface area contributed by atoms with Gasteiger partial charge in [-0.05, 0) is 25.1 Å². The molecule has 1 N–H and O–H groups in total. The number of nitrogens with one attached hydrogen (secondary N) is 1. The second-order valence-corrected chi connectivity index (χ2v) is 6.39. The van der Waals surface area contributed by atoms with Crippen LogP contribution in [0.5, 0.6) is 0 Å². The van der Waals surface area contributed by atoms with E-state index in [-0.39, 0.29) is 16.5 Å². The molecule has 0 bridgehead atoms. The fourth-order valence-electron chi connectivity index (χ4n) is 2.82. The van der Waals surface area contributed by atoms with E-state index in [1.807, 2.05) is 0 Å². The molecule has 3 aromatic rings. The number of rotatable bonds is 3. The number of alkyl halides is 3. The lowest BCUT2D eigenvalue weighted by molar-refractivity contribution is -0.143. The van der Waals surface area contributed by atoms with Crippen molar-refractivity contribution in [2.24, 2.45) is 0 Å². The molecule has 12 heteroatoms. The van der Waals surface area contributed by atoms with Crippen LogP contribution in [0, 0.1) is 17.5 Å². The standard InChI is InChI=1S/C18H12F6N4O2/c1-7(14-9-4-11(19)12(20)5-10(9)16(29)27-26-14)28(2)17(30)8-3-13(21)15(25-6-8)18(22,23)24/h3-7H,1-2H3,(H,27,29)/t7-/m0/s1. The Morgan fingerprint density at radius 2 is 1.67 bits per heavy atom. The van der Waals surface area contributed by atoms with Crippen molar-refractivity contribution in [1.29, 1.82) is 0 Å². The number of benzene rings is 1. The highest BCUT2D eigenvalue weighted by molar-refractivity contribution is 5.94. The molecule has 1 atom stereocenters. The van der Waals surface area contributed by atoms with Gasteiger partial charge in [-0.25, -0.2) is 23.3 Å². The van der Waals surface area contributed by atoms with Gasteiger partial charge in [0.15, 0.2) is 23.1 Å². The van der Waals surface area contributed by atoms with E-state index < -0.39 is 52.4 Å². The van der Waals surface area contributed by atoms with Crippen LogP contribution in [0.4, 0.5) is 26.3 Å². The van der Waals surface area contributed by atoms with Gasteiger partial charge in [-0.2, -0.15) is 18.3 Å². The molecule has 6 nitrogen and oxygen atoms in total. The normalized spacial score (nSPS) is 12.8. The van der Waals surface area contributed by atoms with E-state index in [9.17, 15) is 35.9 Å². The molecule has 1 amide bonds. The third-order valence-electron chi connectivity index (χ3n) is 4.51. The predicted molar refractivity (Wildman–Crippen MR) is 92.0 cm³/mol. The molecule has 0 aliphatic rings. The number of fused-ring (bicyclic) bond motifs is 1. The quantitative estimate of drug-likeness (QED) is 0.645. The van der Waals surface area contributed by atoms with E-state index in [4.69, 9.17) is 0 Å². The smallest absolute Gasteiger partial charge is 0.333 e. The van der Waals surface area contributed by atoms with Crippen LogP contribution in [0.25, 0.3) is 10.8 Å². The molecule has 3 rings (SSSR count). The van der Waals surface area contributed by atoms with Crippen LogP contribution in [0.3, 0.4) is 0 Å². The van der Waals surface area contributed by atoms with Gasteiger partial charge in [0.25, 0.3) is 11.5 Å². The van der Waals surface area contributed by atoms with E-state index in [1.54, 1.807) is 0 Å². The van der Waals surface area contributed by atoms with Crippen LogP contribution in [0.2, 0.25) is 0 Å². The highest BCUT2D eigenvalue weighted by Gasteiger charge is 2.36. The summed E-state index contributed by atoms with van der Waals surface area (Å²) in [5, 5.41) is 5.60. The first kappa shape index (κ1) is 21.3. The summed E-state index contributed by atoms with van der Waals surface area (Å²) >= 11 is 0. The van der Waals surface area contributed by atoms with Crippen LogP contribution in [0.15, 0.2) is 29.2 Å². The molecule has 30 heavy (non-hydrogen) atoms.